The Bertz CT molecular complexity index is 519. The summed E-state index contributed by atoms with van der Waals surface area (Å²) in [6.07, 6.45) is -1.84. The van der Waals surface area contributed by atoms with Gasteiger partial charge in [-0.15, -0.1) is 0 Å². The number of amides is 1. The number of carbonyl (C=O) groups is 1. The van der Waals surface area contributed by atoms with Gasteiger partial charge in [0.1, 0.15) is 6.17 Å². The van der Waals surface area contributed by atoms with Gasteiger partial charge in [-0.2, -0.15) is 0 Å². The van der Waals surface area contributed by atoms with Crippen LogP contribution in [-0.2, 0) is 4.74 Å². The lowest BCUT2D eigenvalue weighted by atomic mass is 10.1. The second-order valence-electron chi connectivity index (χ2n) is 5.49. The lowest BCUT2D eigenvalue weighted by Crippen LogP contribution is -2.49. The van der Waals surface area contributed by atoms with E-state index in [1.807, 2.05) is 32.9 Å². The van der Waals surface area contributed by atoms with Crippen LogP contribution in [-0.4, -0.2) is 22.2 Å². The summed E-state index contributed by atoms with van der Waals surface area (Å²) in [5, 5.41) is 5.62. The highest BCUT2D eigenvalue weighted by atomic mass is 35.6. The van der Waals surface area contributed by atoms with Gasteiger partial charge in [0.25, 0.3) is 0 Å². The minimum Gasteiger partial charge on any atom is -0.447 e. The van der Waals surface area contributed by atoms with Gasteiger partial charge >= 0.3 is 6.09 Å². The molecule has 124 valence electrons. The Kier molecular flexibility index (Phi) is 6.65. The molecule has 0 aromatic heterocycles. The van der Waals surface area contributed by atoms with E-state index in [1.54, 1.807) is 13.8 Å². The predicted molar refractivity (Wildman–Crippen MR) is 93.1 cm³/mol. The largest absolute Gasteiger partial charge is 0.447 e. The van der Waals surface area contributed by atoms with E-state index in [0.717, 1.165) is 22.4 Å². The first-order chi connectivity index (χ1) is 10.0. The predicted octanol–water partition coefficient (Wildman–Crippen LogP) is 4.85. The molecule has 1 aromatic rings. The van der Waals surface area contributed by atoms with Crippen LogP contribution in [0.15, 0.2) is 12.1 Å². The molecule has 0 saturated carbocycles. The Hall–Kier alpha value is -0.840. The third-order valence-corrected chi connectivity index (χ3v) is 3.55. The fraction of sp³-hybridized carbons (Fsp3) is 0.533. The lowest BCUT2D eigenvalue weighted by Gasteiger charge is -2.29. The number of hydrogen-bond donors (Lipinski definition) is 2. The van der Waals surface area contributed by atoms with Crippen molar-refractivity contribution in [2.75, 3.05) is 5.32 Å². The lowest BCUT2D eigenvalue weighted by molar-refractivity contribution is 0.113. The van der Waals surface area contributed by atoms with Crippen LogP contribution >= 0.6 is 34.8 Å². The molecule has 22 heavy (non-hydrogen) atoms. The first-order valence-electron chi connectivity index (χ1n) is 6.89. The van der Waals surface area contributed by atoms with Crippen molar-refractivity contribution in [3.8, 4) is 0 Å². The second-order valence-corrected chi connectivity index (χ2v) is 7.86. The van der Waals surface area contributed by atoms with Crippen LogP contribution in [0.5, 0.6) is 0 Å². The van der Waals surface area contributed by atoms with Crippen LogP contribution in [0.1, 0.15) is 30.5 Å². The average molecular weight is 368 g/mol. The zero-order valence-corrected chi connectivity index (χ0v) is 15.5. The summed E-state index contributed by atoms with van der Waals surface area (Å²) in [7, 11) is 0. The smallest absolute Gasteiger partial charge is 0.409 e. The van der Waals surface area contributed by atoms with Gasteiger partial charge in [0, 0.05) is 5.69 Å². The fourth-order valence-corrected chi connectivity index (χ4v) is 2.45. The molecule has 1 unspecified atom stereocenters. The van der Waals surface area contributed by atoms with Gasteiger partial charge in [-0.1, -0.05) is 52.5 Å². The van der Waals surface area contributed by atoms with Crippen molar-refractivity contribution in [2.24, 2.45) is 0 Å². The van der Waals surface area contributed by atoms with Crippen LogP contribution in [0.4, 0.5) is 10.5 Å². The maximum absolute atomic E-state index is 11.8. The number of alkyl carbamates (subject to hydrolysis) is 1. The van der Waals surface area contributed by atoms with Gasteiger partial charge in [0.05, 0.1) is 6.10 Å². The standard InChI is InChI=1S/C15H21Cl3N2O2/c1-8(2)22-14(21)20-13(15(16,17)18)19-12-10(4)6-9(3)7-11(12)5/h6-8,13,19H,1-5H3,(H,20,21). The highest BCUT2D eigenvalue weighted by molar-refractivity contribution is 6.68. The van der Waals surface area contributed by atoms with Gasteiger partial charge in [-0.05, 0) is 45.7 Å². The quantitative estimate of drug-likeness (QED) is 0.590. The minimum atomic E-state index is -1.74. The molecular formula is C15H21Cl3N2O2. The van der Waals surface area contributed by atoms with Crippen molar-refractivity contribution < 1.29 is 9.53 Å². The topological polar surface area (TPSA) is 50.4 Å². The van der Waals surface area contributed by atoms with Crippen LogP contribution < -0.4 is 10.6 Å². The van der Waals surface area contributed by atoms with Crippen LogP contribution in [0, 0.1) is 20.8 Å². The number of alkyl halides is 3. The average Bonchev–Trinajstić information content (AvgIpc) is 2.29. The highest BCUT2D eigenvalue weighted by Crippen LogP contribution is 2.33. The van der Waals surface area contributed by atoms with E-state index in [-0.39, 0.29) is 6.10 Å². The normalized spacial score (nSPS) is 13.0. The monoisotopic (exact) mass is 366 g/mol. The number of carbonyl (C=O) groups excluding carboxylic acids is 1. The fourth-order valence-electron chi connectivity index (χ4n) is 2.12. The van der Waals surface area contributed by atoms with E-state index in [9.17, 15) is 4.79 Å². The first kappa shape index (κ1) is 19.2. The van der Waals surface area contributed by atoms with Gasteiger partial charge in [0.2, 0.25) is 3.79 Å². The van der Waals surface area contributed by atoms with Crippen molar-refractivity contribution in [3.05, 3.63) is 28.8 Å². The third-order valence-electron chi connectivity index (χ3n) is 2.90. The van der Waals surface area contributed by atoms with Gasteiger partial charge in [0.15, 0.2) is 0 Å². The summed E-state index contributed by atoms with van der Waals surface area (Å²) >= 11 is 17.9. The molecule has 0 radical (unpaired) electrons. The van der Waals surface area contributed by atoms with Crippen molar-refractivity contribution in [3.63, 3.8) is 0 Å². The molecule has 1 aromatic carbocycles. The molecule has 1 rings (SSSR count). The van der Waals surface area contributed by atoms with E-state index in [2.05, 4.69) is 10.6 Å². The Balaban J connectivity index is 2.98. The van der Waals surface area contributed by atoms with Crippen LogP contribution in [0.25, 0.3) is 0 Å². The van der Waals surface area contributed by atoms with Gasteiger partial charge in [-0.3, -0.25) is 5.32 Å². The second kappa shape index (κ2) is 7.62. The molecule has 0 aliphatic carbocycles. The van der Waals surface area contributed by atoms with Crippen molar-refractivity contribution >= 4 is 46.6 Å². The summed E-state index contributed by atoms with van der Waals surface area (Å²) in [4.78, 5) is 11.8. The Morgan fingerprint density at radius 1 is 1.14 bits per heavy atom. The number of aryl methyl sites for hydroxylation is 3. The minimum absolute atomic E-state index is 0.265. The molecule has 0 aliphatic rings. The molecular weight excluding hydrogens is 347 g/mol. The zero-order chi connectivity index (χ0) is 17.1. The summed E-state index contributed by atoms with van der Waals surface area (Å²) in [5.41, 5.74) is 3.94. The van der Waals surface area contributed by atoms with Crippen molar-refractivity contribution in [2.45, 2.75) is 50.7 Å². The van der Waals surface area contributed by atoms with E-state index in [4.69, 9.17) is 39.5 Å². The highest BCUT2D eigenvalue weighted by Gasteiger charge is 2.35. The summed E-state index contributed by atoms with van der Waals surface area (Å²) in [5.74, 6) is 0. The molecule has 2 N–H and O–H groups in total. The maximum atomic E-state index is 11.8. The zero-order valence-electron chi connectivity index (χ0n) is 13.3. The molecule has 0 saturated heterocycles. The van der Waals surface area contributed by atoms with Crippen molar-refractivity contribution in [1.82, 2.24) is 5.32 Å². The van der Waals surface area contributed by atoms with E-state index < -0.39 is 16.1 Å². The first-order valence-corrected chi connectivity index (χ1v) is 8.02. The summed E-state index contributed by atoms with van der Waals surface area (Å²) in [6, 6.07) is 4.02. The molecule has 0 bridgehead atoms. The molecule has 0 aliphatic heterocycles. The number of anilines is 1. The SMILES string of the molecule is Cc1cc(C)c(NC(NC(=O)OC(C)C)C(Cl)(Cl)Cl)c(C)c1. The molecule has 7 heteroatoms. The molecule has 1 atom stereocenters. The number of hydrogen-bond acceptors (Lipinski definition) is 3. The number of nitrogens with one attached hydrogen (secondary N) is 2. The molecule has 4 nitrogen and oxygen atoms in total. The third kappa shape index (κ3) is 5.75. The molecule has 0 heterocycles. The Morgan fingerprint density at radius 3 is 2.05 bits per heavy atom. The molecule has 0 fully saturated rings. The van der Waals surface area contributed by atoms with E-state index in [1.165, 1.54) is 0 Å². The Morgan fingerprint density at radius 2 is 1.64 bits per heavy atom. The van der Waals surface area contributed by atoms with Gasteiger partial charge < -0.3 is 10.1 Å². The maximum Gasteiger partial charge on any atom is 0.409 e. The number of halogens is 3. The van der Waals surface area contributed by atoms with Crippen molar-refractivity contribution in [1.29, 1.82) is 0 Å². The number of ether oxygens (including phenoxy) is 1. The number of rotatable bonds is 4. The summed E-state index contributed by atoms with van der Waals surface area (Å²) in [6.45, 7) is 9.39. The number of benzene rings is 1. The van der Waals surface area contributed by atoms with Crippen LogP contribution in [0.2, 0.25) is 0 Å². The van der Waals surface area contributed by atoms with Crippen LogP contribution in [0.3, 0.4) is 0 Å². The van der Waals surface area contributed by atoms with Gasteiger partial charge in [-0.25, -0.2) is 4.79 Å². The Labute approximate surface area is 146 Å². The molecule has 0 spiro atoms. The van der Waals surface area contributed by atoms with E-state index >= 15 is 0 Å². The summed E-state index contributed by atoms with van der Waals surface area (Å²) < 4.78 is 3.29. The van der Waals surface area contributed by atoms with E-state index in [0.29, 0.717) is 0 Å². The molecule has 1 amide bonds.